The van der Waals surface area contributed by atoms with Crippen LogP contribution in [0.1, 0.15) is 35.3 Å². The Morgan fingerprint density at radius 2 is 1.43 bits per heavy atom. The lowest BCUT2D eigenvalue weighted by Crippen LogP contribution is -2.39. The van der Waals surface area contributed by atoms with E-state index < -0.39 is 15.4 Å². The van der Waals surface area contributed by atoms with Crippen LogP contribution in [0.5, 0.6) is 0 Å². The van der Waals surface area contributed by atoms with Gasteiger partial charge >= 0.3 is 0 Å². The summed E-state index contributed by atoms with van der Waals surface area (Å²) in [6.07, 6.45) is 0. The Balaban J connectivity index is 1.86. The van der Waals surface area contributed by atoms with E-state index >= 15 is 0 Å². The molecule has 0 spiro atoms. The number of nitrogens with one attached hydrogen (secondary N) is 2. The third kappa shape index (κ3) is 4.78. The molecule has 0 aromatic heterocycles. The van der Waals surface area contributed by atoms with Crippen molar-refractivity contribution in [3.63, 3.8) is 0 Å². The lowest BCUT2D eigenvalue weighted by molar-refractivity contribution is 0.0947. The first-order valence-electron chi connectivity index (χ1n) is 9.86. The van der Waals surface area contributed by atoms with Crippen molar-refractivity contribution in [2.24, 2.45) is 0 Å². The smallest absolute Gasteiger partial charge is 0.251 e. The van der Waals surface area contributed by atoms with Crippen LogP contribution in [0.25, 0.3) is 0 Å². The summed E-state index contributed by atoms with van der Waals surface area (Å²) < 4.78 is 26.9. The van der Waals surface area contributed by atoms with Gasteiger partial charge < -0.3 is 5.32 Å². The number of sulfonamides is 1. The first-order valence-corrected chi connectivity index (χ1v) is 11.3. The van der Waals surface area contributed by atoms with Crippen LogP contribution < -0.4 is 10.0 Å². The van der Waals surface area contributed by atoms with Crippen molar-refractivity contribution in [1.29, 1.82) is 0 Å². The van der Waals surface area contributed by atoms with E-state index in [0.717, 1.165) is 11.1 Å². The first-order chi connectivity index (χ1) is 14.4. The molecule has 0 aliphatic heterocycles. The van der Waals surface area contributed by atoms with Crippen molar-refractivity contribution >= 4 is 15.9 Å². The fourth-order valence-electron chi connectivity index (χ4n) is 3.42. The van der Waals surface area contributed by atoms with Crippen molar-refractivity contribution in [1.82, 2.24) is 10.0 Å². The molecule has 0 saturated carbocycles. The minimum atomic E-state index is -3.63. The van der Waals surface area contributed by atoms with Crippen molar-refractivity contribution in [3.05, 3.63) is 102 Å². The summed E-state index contributed by atoms with van der Waals surface area (Å²) in [7, 11) is -3.63. The van der Waals surface area contributed by atoms with E-state index in [1.807, 2.05) is 60.7 Å². The average molecular weight is 423 g/mol. The molecule has 0 radical (unpaired) electrons. The van der Waals surface area contributed by atoms with E-state index in [1.165, 1.54) is 12.1 Å². The monoisotopic (exact) mass is 422 g/mol. The van der Waals surface area contributed by atoms with Crippen LogP contribution in [0, 0.1) is 0 Å². The summed E-state index contributed by atoms with van der Waals surface area (Å²) in [5.41, 5.74) is 2.03. The zero-order valence-electron chi connectivity index (χ0n) is 17.1. The molecule has 0 bridgehead atoms. The molecule has 3 rings (SSSR count). The van der Waals surface area contributed by atoms with Gasteiger partial charge in [0.2, 0.25) is 10.0 Å². The quantitative estimate of drug-likeness (QED) is 0.581. The third-order valence-electron chi connectivity index (χ3n) is 5.17. The topological polar surface area (TPSA) is 75.3 Å². The van der Waals surface area contributed by atoms with Gasteiger partial charge in [-0.25, -0.2) is 13.1 Å². The second-order valence-electron chi connectivity index (χ2n) is 7.28. The molecule has 0 saturated heterocycles. The molecule has 6 heteroatoms. The normalized spacial score (nSPS) is 11.8. The van der Waals surface area contributed by atoms with E-state index in [9.17, 15) is 13.2 Å². The molecular weight excluding hydrogens is 396 g/mol. The van der Waals surface area contributed by atoms with Gasteiger partial charge in [0.15, 0.2) is 0 Å². The number of hydrogen-bond acceptors (Lipinski definition) is 3. The van der Waals surface area contributed by atoms with Gasteiger partial charge in [-0.1, -0.05) is 73.7 Å². The highest BCUT2D eigenvalue weighted by atomic mass is 32.2. The Bertz CT molecular complexity index is 1060. The first kappa shape index (κ1) is 21.7. The largest absolute Gasteiger partial charge is 0.351 e. The zero-order chi connectivity index (χ0) is 21.6. The molecule has 0 heterocycles. The second-order valence-corrected chi connectivity index (χ2v) is 9.04. The molecule has 5 nitrogen and oxygen atoms in total. The predicted molar refractivity (Wildman–Crippen MR) is 119 cm³/mol. The van der Waals surface area contributed by atoms with Gasteiger partial charge in [-0.2, -0.15) is 0 Å². The molecule has 3 aromatic rings. The average Bonchev–Trinajstić information content (AvgIpc) is 2.78. The summed E-state index contributed by atoms with van der Waals surface area (Å²) >= 11 is 0. The van der Waals surface area contributed by atoms with Gasteiger partial charge in [0.1, 0.15) is 0 Å². The Labute approximate surface area is 178 Å². The molecule has 0 unspecified atom stereocenters. The lowest BCUT2D eigenvalue weighted by Gasteiger charge is -2.31. The summed E-state index contributed by atoms with van der Waals surface area (Å²) in [5.74, 6) is -0.318. The number of benzene rings is 3. The summed E-state index contributed by atoms with van der Waals surface area (Å²) in [4.78, 5) is 12.9. The number of carbonyl (C=O) groups excluding carboxylic acids is 1. The van der Waals surface area contributed by atoms with Crippen molar-refractivity contribution in [2.75, 3.05) is 13.1 Å². The molecule has 0 aliphatic rings. The van der Waals surface area contributed by atoms with E-state index in [2.05, 4.69) is 17.0 Å². The second kappa shape index (κ2) is 9.24. The van der Waals surface area contributed by atoms with Crippen LogP contribution in [0.3, 0.4) is 0 Å². The summed E-state index contributed by atoms with van der Waals surface area (Å²) in [6, 6.07) is 26.1. The molecule has 0 atom stereocenters. The zero-order valence-corrected chi connectivity index (χ0v) is 17.9. The maximum Gasteiger partial charge on any atom is 0.251 e. The minimum Gasteiger partial charge on any atom is -0.351 e. The predicted octanol–water partition coefficient (Wildman–Crippen LogP) is 3.72. The molecule has 30 heavy (non-hydrogen) atoms. The Morgan fingerprint density at radius 1 is 0.867 bits per heavy atom. The fourth-order valence-corrected chi connectivity index (χ4v) is 4.51. The number of amides is 1. The van der Waals surface area contributed by atoms with Crippen molar-refractivity contribution in [3.8, 4) is 0 Å². The SMILES string of the molecule is CCNS(=O)(=O)c1cccc(C(=O)NCC(C)(c2ccccc2)c2ccccc2)c1. The number of carbonyl (C=O) groups is 1. The maximum atomic E-state index is 12.9. The molecular formula is C24H26N2O3S. The van der Waals surface area contributed by atoms with E-state index in [4.69, 9.17) is 0 Å². The van der Waals surface area contributed by atoms with Gasteiger partial charge in [0.25, 0.3) is 5.91 Å². The molecule has 156 valence electrons. The molecule has 1 amide bonds. The highest BCUT2D eigenvalue weighted by Crippen LogP contribution is 2.31. The highest BCUT2D eigenvalue weighted by molar-refractivity contribution is 7.89. The molecule has 3 aromatic carbocycles. The van der Waals surface area contributed by atoms with Crippen LogP contribution >= 0.6 is 0 Å². The standard InChI is InChI=1S/C24H26N2O3S/c1-3-26-30(28,29)22-16-10-11-19(17-22)23(27)25-18-24(2,20-12-6-4-7-13-20)21-14-8-5-9-15-21/h4-17,26H,3,18H2,1-2H3,(H,25,27). The van der Waals surface area contributed by atoms with Gasteiger partial charge in [0, 0.05) is 24.1 Å². The number of rotatable bonds is 8. The van der Waals surface area contributed by atoms with Crippen LogP contribution in [0.4, 0.5) is 0 Å². The van der Waals surface area contributed by atoms with Crippen LogP contribution in [-0.4, -0.2) is 27.4 Å². The van der Waals surface area contributed by atoms with Gasteiger partial charge in [-0.3, -0.25) is 4.79 Å². The molecule has 0 aliphatic carbocycles. The molecule has 2 N–H and O–H groups in total. The van der Waals surface area contributed by atoms with E-state index in [1.54, 1.807) is 19.1 Å². The number of hydrogen-bond donors (Lipinski definition) is 2. The van der Waals surface area contributed by atoms with E-state index in [0.29, 0.717) is 12.1 Å². The Kier molecular flexibility index (Phi) is 6.70. The minimum absolute atomic E-state index is 0.0749. The van der Waals surface area contributed by atoms with E-state index in [-0.39, 0.29) is 17.3 Å². The van der Waals surface area contributed by atoms with Gasteiger partial charge in [0.05, 0.1) is 4.90 Å². The van der Waals surface area contributed by atoms with Crippen molar-refractivity contribution < 1.29 is 13.2 Å². The lowest BCUT2D eigenvalue weighted by atomic mass is 9.76. The van der Waals surface area contributed by atoms with Gasteiger partial charge in [-0.15, -0.1) is 0 Å². The van der Waals surface area contributed by atoms with Crippen LogP contribution in [0.15, 0.2) is 89.8 Å². The Morgan fingerprint density at radius 3 is 1.97 bits per heavy atom. The Hall–Kier alpha value is -2.96. The van der Waals surface area contributed by atoms with Crippen LogP contribution in [-0.2, 0) is 15.4 Å². The third-order valence-corrected chi connectivity index (χ3v) is 6.71. The summed E-state index contributed by atoms with van der Waals surface area (Å²) in [5, 5.41) is 2.99. The van der Waals surface area contributed by atoms with Crippen molar-refractivity contribution in [2.45, 2.75) is 24.2 Å². The fraction of sp³-hybridized carbons (Fsp3) is 0.208. The van der Waals surface area contributed by atoms with Gasteiger partial charge in [-0.05, 0) is 36.2 Å². The maximum absolute atomic E-state index is 12.9. The summed E-state index contributed by atoms with van der Waals surface area (Å²) in [6.45, 7) is 4.45. The highest BCUT2D eigenvalue weighted by Gasteiger charge is 2.29. The molecule has 0 fully saturated rings. The van der Waals surface area contributed by atoms with Crippen LogP contribution in [0.2, 0.25) is 0 Å².